The molecule has 2 saturated heterocycles. The molecule has 0 aliphatic carbocycles. The van der Waals surface area contributed by atoms with Crippen molar-refractivity contribution in [2.75, 3.05) is 41.7 Å². The van der Waals surface area contributed by atoms with Crippen LogP contribution in [-0.2, 0) is 0 Å². The Bertz CT molecular complexity index is 783. The Morgan fingerprint density at radius 2 is 1.69 bits per heavy atom. The van der Waals surface area contributed by atoms with Gasteiger partial charge in [-0.25, -0.2) is 9.97 Å². The average molecular weight is 369 g/mol. The molecule has 4 heterocycles. The lowest BCUT2D eigenvalue weighted by molar-refractivity contribution is 0.233. The minimum atomic E-state index is 0.346. The quantitative estimate of drug-likeness (QED) is 0.888. The normalized spacial score (nSPS) is 19.5. The van der Waals surface area contributed by atoms with Gasteiger partial charge in [-0.05, 0) is 43.6 Å². The van der Waals surface area contributed by atoms with E-state index in [1.54, 1.807) is 12.4 Å². The molecule has 2 aromatic rings. The third kappa shape index (κ3) is 3.58. The topological polar surface area (TPSA) is 95.0 Å². The average Bonchev–Trinajstić information content (AvgIpc) is 3.18. The van der Waals surface area contributed by atoms with Gasteiger partial charge in [0.15, 0.2) is 5.13 Å². The summed E-state index contributed by atoms with van der Waals surface area (Å²) in [7, 11) is 0. The molecule has 26 heavy (non-hydrogen) atoms. The smallest absolute Gasteiger partial charge is 0.221 e. The largest absolute Gasteiger partial charge is 0.368 e. The molecule has 136 valence electrons. The number of thiazole rings is 1. The molecule has 0 radical (unpaired) electrons. The molecular weight excluding hydrogens is 346 g/mol. The molecule has 4 rings (SSSR count). The van der Waals surface area contributed by atoms with Gasteiger partial charge in [-0.2, -0.15) is 10.2 Å². The van der Waals surface area contributed by atoms with Gasteiger partial charge in [0.1, 0.15) is 16.8 Å². The van der Waals surface area contributed by atoms with E-state index in [-0.39, 0.29) is 0 Å². The predicted molar refractivity (Wildman–Crippen MR) is 103 cm³/mol. The first kappa shape index (κ1) is 17.0. The SMILES string of the molecule is N#Cc1cnc(N2CCC(C3CCN(c4ccnc(N)n4)CC3)CC2)s1. The molecular formula is C18H23N7S. The van der Waals surface area contributed by atoms with Crippen LogP contribution in [0.1, 0.15) is 30.6 Å². The maximum Gasteiger partial charge on any atom is 0.221 e. The second-order valence-corrected chi connectivity index (χ2v) is 8.05. The van der Waals surface area contributed by atoms with Crippen molar-refractivity contribution in [2.24, 2.45) is 11.8 Å². The van der Waals surface area contributed by atoms with Crippen LogP contribution in [0.2, 0.25) is 0 Å². The van der Waals surface area contributed by atoms with Crippen LogP contribution in [0.25, 0.3) is 0 Å². The molecule has 2 N–H and O–H groups in total. The molecule has 0 bridgehead atoms. The van der Waals surface area contributed by atoms with Crippen LogP contribution in [0.15, 0.2) is 18.5 Å². The summed E-state index contributed by atoms with van der Waals surface area (Å²) in [5.74, 6) is 2.87. The molecule has 7 nitrogen and oxygen atoms in total. The molecule has 0 aromatic carbocycles. The maximum absolute atomic E-state index is 8.96. The Hall–Kier alpha value is -2.40. The first-order valence-electron chi connectivity index (χ1n) is 9.17. The number of piperidine rings is 2. The predicted octanol–water partition coefficient (Wildman–Crippen LogP) is 2.52. The third-order valence-electron chi connectivity index (χ3n) is 5.60. The Labute approximate surface area is 157 Å². The van der Waals surface area contributed by atoms with Crippen LogP contribution >= 0.6 is 11.3 Å². The molecule has 0 amide bonds. The van der Waals surface area contributed by atoms with E-state index < -0.39 is 0 Å². The van der Waals surface area contributed by atoms with Gasteiger partial charge in [0, 0.05) is 32.4 Å². The summed E-state index contributed by atoms with van der Waals surface area (Å²) in [4.78, 5) is 18.1. The highest BCUT2D eigenvalue weighted by Gasteiger charge is 2.30. The molecule has 8 heteroatoms. The lowest BCUT2D eigenvalue weighted by Crippen LogP contribution is -2.41. The van der Waals surface area contributed by atoms with Gasteiger partial charge in [0.05, 0.1) is 6.20 Å². The fraction of sp³-hybridized carbons (Fsp3) is 0.556. The van der Waals surface area contributed by atoms with Crippen molar-refractivity contribution >= 4 is 28.2 Å². The molecule has 0 atom stereocenters. The van der Waals surface area contributed by atoms with E-state index in [0.29, 0.717) is 10.8 Å². The summed E-state index contributed by atoms with van der Waals surface area (Å²) in [5.41, 5.74) is 5.71. The molecule has 2 aliphatic rings. The van der Waals surface area contributed by atoms with E-state index in [0.717, 1.165) is 49.0 Å². The summed E-state index contributed by atoms with van der Waals surface area (Å²) in [5, 5.41) is 9.96. The first-order chi connectivity index (χ1) is 12.7. The van der Waals surface area contributed by atoms with Gasteiger partial charge >= 0.3 is 0 Å². The second-order valence-electron chi connectivity index (χ2n) is 7.04. The van der Waals surface area contributed by atoms with Crippen LogP contribution < -0.4 is 15.5 Å². The van der Waals surface area contributed by atoms with Gasteiger partial charge in [-0.15, -0.1) is 0 Å². The number of nitrogen functional groups attached to an aromatic ring is 1. The molecule has 2 aliphatic heterocycles. The van der Waals surface area contributed by atoms with Gasteiger partial charge < -0.3 is 15.5 Å². The standard InChI is InChI=1S/C18H23N7S/c19-11-15-12-22-18(26-15)25-9-4-14(5-10-25)13-2-7-24(8-3-13)16-1-6-21-17(20)23-16/h1,6,12-14H,2-5,7-10H2,(H2,20,21,23). The van der Waals surface area contributed by atoms with Crippen molar-refractivity contribution < 1.29 is 0 Å². The van der Waals surface area contributed by atoms with Crippen molar-refractivity contribution in [3.8, 4) is 6.07 Å². The lowest BCUT2D eigenvalue weighted by atomic mass is 9.79. The molecule has 2 fully saturated rings. The first-order valence-corrected chi connectivity index (χ1v) is 9.99. The maximum atomic E-state index is 8.96. The number of rotatable bonds is 3. The van der Waals surface area contributed by atoms with Crippen molar-refractivity contribution in [3.63, 3.8) is 0 Å². The van der Waals surface area contributed by atoms with Gasteiger partial charge in [-0.1, -0.05) is 11.3 Å². The number of hydrogen-bond acceptors (Lipinski definition) is 8. The summed E-state index contributed by atoms with van der Waals surface area (Å²) in [6.07, 6.45) is 8.27. The van der Waals surface area contributed by atoms with Crippen LogP contribution in [0.4, 0.5) is 16.9 Å². The fourth-order valence-corrected chi connectivity index (χ4v) is 4.93. The number of hydrogen-bond donors (Lipinski definition) is 1. The zero-order chi connectivity index (χ0) is 17.9. The van der Waals surface area contributed by atoms with E-state index in [9.17, 15) is 0 Å². The van der Waals surface area contributed by atoms with E-state index >= 15 is 0 Å². The number of aromatic nitrogens is 3. The highest BCUT2D eigenvalue weighted by atomic mass is 32.1. The van der Waals surface area contributed by atoms with Crippen molar-refractivity contribution in [3.05, 3.63) is 23.3 Å². The summed E-state index contributed by atoms with van der Waals surface area (Å²) >= 11 is 1.50. The van der Waals surface area contributed by atoms with Crippen LogP contribution in [-0.4, -0.2) is 41.1 Å². The lowest BCUT2D eigenvalue weighted by Gasteiger charge is -2.40. The summed E-state index contributed by atoms with van der Waals surface area (Å²) in [6, 6.07) is 4.12. The molecule has 0 unspecified atom stereocenters. The summed E-state index contributed by atoms with van der Waals surface area (Å²) in [6.45, 7) is 4.18. The van der Waals surface area contributed by atoms with Crippen molar-refractivity contribution in [1.82, 2.24) is 15.0 Å². The Kier molecular flexibility index (Phi) is 4.89. The summed E-state index contributed by atoms with van der Waals surface area (Å²) < 4.78 is 0. The minimum Gasteiger partial charge on any atom is -0.368 e. The van der Waals surface area contributed by atoms with Crippen molar-refractivity contribution in [2.45, 2.75) is 25.7 Å². The Balaban J connectivity index is 1.29. The number of nitrogens with zero attached hydrogens (tertiary/aromatic N) is 6. The van der Waals surface area contributed by atoms with E-state index in [1.807, 2.05) is 6.07 Å². The van der Waals surface area contributed by atoms with E-state index in [1.165, 1.54) is 37.0 Å². The minimum absolute atomic E-state index is 0.346. The van der Waals surface area contributed by atoms with Crippen LogP contribution in [0.5, 0.6) is 0 Å². The van der Waals surface area contributed by atoms with Crippen molar-refractivity contribution in [1.29, 1.82) is 5.26 Å². The number of nitrogens with two attached hydrogens (primary N) is 1. The van der Waals surface area contributed by atoms with Gasteiger partial charge in [0.2, 0.25) is 5.95 Å². The monoisotopic (exact) mass is 369 g/mol. The fourth-order valence-electron chi connectivity index (χ4n) is 4.16. The number of nitriles is 1. The Morgan fingerprint density at radius 1 is 1.04 bits per heavy atom. The zero-order valence-corrected chi connectivity index (χ0v) is 15.5. The number of anilines is 3. The van der Waals surface area contributed by atoms with Crippen LogP contribution in [0, 0.1) is 23.2 Å². The van der Waals surface area contributed by atoms with E-state index in [4.69, 9.17) is 11.0 Å². The van der Waals surface area contributed by atoms with Crippen LogP contribution in [0.3, 0.4) is 0 Å². The highest BCUT2D eigenvalue weighted by molar-refractivity contribution is 7.16. The van der Waals surface area contributed by atoms with Gasteiger partial charge in [0.25, 0.3) is 0 Å². The highest BCUT2D eigenvalue weighted by Crippen LogP contribution is 2.35. The Morgan fingerprint density at radius 3 is 2.27 bits per heavy atom. The van der Waals surface area contributed by atoms with E-state index in [2.05, 4.69) is 30.8 Å². The van der Waals surface area contributed by atoms with Gasteiger partial charge in [-0.3, -0.25) is 0 Å². The third-order valence-corrected chi connectivity index (χ3v) is 6.57. The molecule has 2 aromatic heterocycles. The molecule has 0 saturated carbocycles. The molecule has 0 spiro atoms. The second kappa shape index (κ2) is 7.46. The zero-order valence-electron chi connectivity index (χ0n) is 14.7.